The Kier molecular flexibility index (Phi) is 3.45. The van der Waals surface area contributed by atoms with Gasteiger partial charge >= 0.3 is 0 Å². The summed E-state index contributed by atoms with van der Waals surface area (Å²) in [4.78, 5) is 3.65. The average molecular weight is 198 g/mol. The molecule has 1 saturated carbocycles. The first-order valence-corrected chi connectivity index (χ1v) is 6.41. The highest BCUT2D eigenvalue weighted by Gasteiger charge is 2.30. The molecule has 2 aliphatic rings. The van der Waals surface area contributed by atoms with Crippen molar-refractivity contribution in [2.45, 2.75) is 38.6 Å². The van der Waals surface area contributed by atoms with E-state index in [2.05, 4.69) is 14.0 Å². The summed E-state index contributed by atoms with van der Waals surface area (Å²) in [7, 11) is 2.33. The van der Waals surface area contributed by atoms with E-state index in [-0.39, 0.29) is 0 Å². The van der Waals surface area contributed by atoms with E-state index in [1.54, 1.807) is 4.90 Å². The minimum atomic E-state index is 0.994. The summed E-state index contributed by atoms with van der Waals surface area (Å²) in [5.74, 6) is 0.994. The summed E-state index contributed by atoms with van der Waals surface area (Å²) in [6, 6.07) is 1.01. The zero-order valence-electron chi connectivity index (χ0n) is 9.81. The van der Waals surface area contributed by atoms with E-state index in [0.717, 1.165) is 12.0 Å². The van der Waals surface area contributed by atoms with E-state index in [9.17, 15) is 0 Å². The van der Waals surface area contributed by atoms with Crippen LogP contribution in [0.4, 0.5) is 0 Å². The molecule has 2 rings (SSSR count). The lowest BCUT2D eigenvalue weighted by molar-refractivity contribution is -1.02. The van der Waals surface area contributed by atoms with Crippen LogP contribution in [0, 0.1) is 5.92 Å². The molecule has 82 valence electrons. The normalized spacial score (nSPS) is 45.0. The summed E-state index contributed by atoms with van der Waals surface area (Å²) in [6.45, 7) is 8.06. The molecule has 0 bridgehead atoms. The Morgan fingerprint density at radius 1 is 1.00 bits per heavy atom. The van der Waals surface area contributed by atoms with E-state index >= 15 is 0 Å². The minimum absolute atomic E-state index is 0.994. The molecule has 2 atom stereocenters. The summed E-state index contributed by atoms with van der Waals surface area (Å²) >= 11 is 0. The number of hydrogen-bond donors (Lipinski definition) is 2. The lowest BCUT2D eigenvalue weighted by atomic mass is 9.86. The molecular weight excluding hydrogens is 172 g/mol. The van der Waals surface area contributed by atoms with Crippen LogP contribution in [0.2, 0.25) is 0 Å². The quantitative estimate of drug-likeness (QED) is 0.534. The van der Waals surface area contributed by atoms with Crippen LogP contribution in [-0.4, -0.2) is 39.3 Å². The van der Waals surface area contributed by atoms with Gasteiger partial charge in [0.1, 0.15) is 26.2 Å². The average Bonchev–Trinajstić information content (AvgIpc) is 2.19. The zero-order chi connectivity index (χ0) is 9.97. The van der Waals surface area contributed by atoms with Crippen molar-refractivity contribution in [3.8, 4) is 0 Å². The van der Waals surface area contributed by atoms with Crippen LogP contribution in [0.25, 0.3) is 0 Å². The molecule has 2 heteroatoms. The molecule has 0 spiro atoms. The third kappa shape index (κ3) is 2.48. The van der Waals surface area contributed by atoms with E-state index < -0.39 is 0 Å². The van der Waals surface area contributed by atoms with E-state index in [1.807, 2.05) is 4.90 Å². The Hall–Kier alpha value is -0.0800. The predicted octanol–water partition coefficient (Wildman–Crippen LogP) is -1.02. The van der Waals surface area contributed by atoms with Gasteiger partial charge in [-0.05, 0) is 18.8 Å². The van der Waals surface area contributed by atoms with Gasteiger partial charge in [-0.25, -0.2) is 0 Å². The van der Waals surface area contributed by atoms with Gasteiger partial charge in [-0.1, -0.05) is 13.3 Å². The van der Waals surface area contributed by atoms with Gasteiger partial charge in [-0.2, -0.15) is 0 Å². The first kappa shape index (κ1) is 10.4. The van der Waals surface area contributed by atoms with Crippen LogP contribution >= 0.6 is 0 Å². The Morgan fingerprint density at radius 3 is 2.36 bits per heavy atom. The summed E-state index contributed by atoms with van der Waals surface area (Å²) in [5.41, 5.74) is 0. The standard InChI is InChI=1S/C12H24N2/c1-11-4-3-5-12(10-11)14-8-6-13(2)7-9-14/h11-12H,3-10H2,1-2H3/p+2/t11-,12-/m0/s1. The Bertz CT molecular complexity index is 173. The third-order valence-electron chi connectivity index (χ3n) is 4.26. The molecule has 1 aliphatic heterocycles. The summed E-state index contributed by atoms with van der Waals surface area (Å²) < 4.78 is 0. The van der Waals surface area contributed by atoms with E-state index in [1.165, 1.54) is 51.9 Å². The molecule has 0 amide bonds. The Morgan fingerprint density at radius 2 is 1.71 bits per heavy atom. The molecule has 2 N–H and O–H groups in total. The van der Waals surface area contributed by atoms with Crippen LogP contribution in [0.15, 0.2) is 0 Å². The molecule has 2 nitrogen and oxygen atoms in total. The van der Waals surface area contributed by atoms with Crippen molar-refractivity contribution in [3.05, 3.63) is 0 Å². The van der Waals surface area contributed by atoms with Gasteiger partial charge in [0.25, 0.3) is 0 Å². The predicted molar refractivity (Wildman–Crippen MR) is 58.7 cm³/mol. The lowest BCUT2D eigenvalue weighted by Gasteiger charge is -2.36. The fourth-order valence-corrected chi connectivity index (χ4v) is 3.21. The van der Waals surface area contributed by atoms with Crippen LogP contribution < -0.4 is 9.80 Å². The Labute approximate surface area is 88.3 Å². The van der Waals surface area contributed by atoms with Gasteiger partial charge in [0, 0.05) is 6.42 Å². The number of quaternary nitrogens is 2. The number of rotatable bonds is 1. The lowest BCUT2D eigenvalue weighted by Crippen LogP contribution is -3.28. The fourth-order valence-electron chi connectivity index (χ4n) is 3.21. The summed E-state index contributed by atoms with van der Waals surface area (Å²) in [5, 5.41) is 0. The maximum absolute atomic E-state index is 2.44. The van der Waals surface area contributed by atoms with Crippen molar-refractivity contribution in [2.24, 2.45) is 5.92 Å². The van der Waals surface area contributed by atoms with Gasteiger partial charge in [0.15, 0.2) is 0 Å². The monoisotopic (exact) mass is 198 g/mol. The number of nitrogens with one attached hydrogen (secondary N) is 2. The first-order valence-electron chi connectivity index (χ1n) is 6.41. The number of hydrogen-bond acceptors (Lipinski definition) is 0. The maximum atomic E-state index is 2.44. The molecule has 0 aromatic carbocycles. The highest BCUT2D eigenvalue weighted by atomic mass is 15.3. The van der Waals surface area contributed by atoms with Crippen LogP contribution in [-0.2, 0) is 0 Å². The topological polar surface area (TPSA) is 8.88 Å². The summed E-state index contributed by atoms with van der Waals surface area (Å²) in [6.07, 6.45) is 5.96. The van der Waals surface area contributed by atoms with Gasteiger partial charge in [-0.15, -0.1) is 0 Å². The highest BCUT2D eigenvalue weighted by molar-refractivity contribution is 4.69. The molecule has 2 fully saturated rings. The highest BCUT2D eigenvalue weighted by Crippen LogP contribution is 2.21. The van der Waals surface area contributed by atoms with Crippen molar-refractivity contribution in [3.63, 3.8) is 0 Å². The molecule has 1 heterocycles. The largest absolute Gasteiger partial charge is 0.328 e. The first-order chi connectivity index (χ1) is 6.75. The van der Waals surface area contributed by atoms with Crippen molar-refractivity contribution < 1.29 is 9.80 Å². The Balaban J connectivity index is 1.82. The van der Waals surface area contributed by atoms with Gasteiger partial charge in [0.05, 0.1) is 13.1 Å². The molecule has 0 aromatic heterocycles. The van der Waals surface area contributed by atoms with Crippen molar-refractivity contribution in [1.82, 2.24) is 0 Å². The molecule has 0 unspecified atom stereocenters. The molecular formula is C12H26N2+2. The molecule has 0 aromatic rings. The number of likely N-dealkylation sites (N-methyl/N-ethyl adjacent to an activating group) is 1. The van der Waals surface area contributed by atoms with E-state index in [0.29, 0.717) is 0 Å². The van der Waals surface area contributed by atoms with Crippen LogP contribution in [0.5, 0.6) is 0 Å². The second kappa shape index (κ2) is 4.63. The molecule has 14 heavy (non-hydrogen) atoms. The molecule has 1 saturated heterocycles. The van der Waals surface area contributed by atoms with Gasteiger partial charge in [-0.3, -0.25) is 0 Å². The van der Waals surface area contributed by atoms with Crippen molar-refractivity contribution in [2.75, 3.05) is 33.2 Å². The second-order valence-corrected chi connectivity index (χ2v) is 5.58. The van der Waals surface area contributed by atoms with Gasteiger partial charge in [0.2, 0.25) is 0 Å². The fraction of sp³-hybridized carbons (Fsp3) is 1.00. The minimum Gasteiger partial charge on any atom is -0.328 e. The second-order valence-electron chi connectivity index (χ2n) is 5.58. The molecule has 0 radical (unpaired) electrons. The van der Waals surface area contributed by atoms with E-state index in [4.69, 9.17) is 0 Å². The van der Waals surface area contributed by atoms with Crippen LogP contribution in [0.1, 0.15) is 32.6 Å². The SMILES string of the molecule is C[C@H]1CCC[C@H]([NH+]2CC[NH+](C)CC2)C1. The third-order valence-corrected chi connectivity index (χ3v) is 4.26. The smallest absolute Gasteiger partial charge is 0.127 e. The molecule has 1 aliphatic carbocycles. The van der Waals surface area contributed by atoms with Crippen molar-refractivity contribution in [1.29, 1.82) is 0 Å². The van der Waals surface area contributed by atoms with Gasteiger partial charge < -0.3 is 9.80 Å². The van der Waals surface area contributed by atoms with Crippen LogP contribution in [0.3, 0.4) is 0 Å². The number of piperazine rings is 1. The maximum Gasteiger partial charge on any atom is 0.127 e. The zero-order valence-corrected chi connectivity index (χ0v) is 9.81. The van der Waals surface area contributed by atoms with Crippen molar-refractivity contribution >= 4 is 0 Å².